The zero-order valence-electron chi connectivity index (χ0n) is 8.57. The van der Waals surface area contributed by atoms with E-state index in [0.717, 1.165) is 6.42 Å². The largest absolute Gasteiger partial charge is 0.508 e. The fourth-order valence-corrected chi connectivity index (χ4v) is 1.37. The fourth-order valence-electron chi connectivity index (χ4n) is 1.37. The summed E-state index contributed by atoms with van der Waals surface area (Å²) >= 11 is 0. The van der Waals surface area contributed by atoms with Crippen molar-refractivity contribution in [3.05, 3.63) is 23.8 Å². The average Bonchev–Trinajstić information content (AvgIpc) is 2.19. The highest BCUT2D eigenvalue weighted by atomic mass is 16.3. The first-order valence-corrected chi connectivity index (χ1v) is 4.83. The summed E-state index contributed by atoms with van der Waals surface area (Å²) in [5.41, 5.74) is 6.56. The Bertz CT molecular complexity index is 312. The van der Waals surface area contributed by atoms with Crippen molar-refractivity contribution in [1.82, 2.24) is 0 Å². The molecule has 0 aromatic heterocycles. The van der Waals surface area contributed by atoms with Gasteiger partial charge in [0.1, 0.15) is 11.5 Å². The molecule has 14 heavy (non-hydrogen) atoms. The van der Waals surface area contributed by atoms with Crippen LogP contribution >= 0.6 is 0 Å². The van der Waals surface area contributed by atoms with Crippen LogP contribution in [0.15, 0.2) is 18.2 Å². The van der Waals surface area contributed by atoms with Crippen LogP contribution in [0, 0.1) is 5.92 Å². The van der Waals surface area contributed by atoms with Crippen LogP contribution in [0.25, 0.3) is 0 Å². The predicted octanol–water partition coefficient (Wildman–Crippen LogP) is 2.14. The first-order chi connectivity index (χ1) is 6.56. The number of rotatable bonds is 3. The molecule has 1 unspecified atom stereocenters. The van der Waals surface area contributed by atoms with Crippen LogP contribution in [-0.4, -0.2) is 10.2 Å². The van der Waals surface area contributed by atoms with Crippen molar-refractivity contribution in [2.75, 3.05) is 0 Å². The van der Waals surface area contributed by atoms with Crippen molar-refractivity contribution in [2.24, 2.45) is 11.7 Å². The van der Waals surface area contributed by atoms with Gasteiger partial charge in [-0.3, -0.25) is 0 Å². The number of phenolic OH excluding ortho intramolecular Hbond substituents is 2. The summed E-state index contributed by atoms with van der Waals surface area (Å²) in [5.74, 6) is 0.565. The molecule has 1 aromatic carbocycles. The van der Waals surface area contributed by atoms with Gasteiger partial charge >= 0.3 is 0 Å². The lowest BCUT2D eigenvalue weighted by Gasteiger charge is -2.19. The Kier molecular flexibility index (Phi) is 3.36. The molecule has 3 nitrogen and oxygen atoms in total. The van der Waals surface area contributed by atoms with E-state index in [2.05, 4.69) is 0 Å². The van der Waals surface area contributed by atoms with Crippen LogP contribution in [-0.2, 0) is 0 Å². The van der Waals surface area contributed by atoms with E-state index in [0.29, 0.717) is 5.56 Å². The van der Waals surface area contributed by atoms with Crippen molar-refractivity contribution in [1.29, 1.82) is 0 Å². The van der Waals surface area contributed by atoms with Crippen LogP contribution in [0.3, 0.4) is 0 Å². The molecule has 3 heteroatoms. The Morgan fingerprint density at radius 3 is 2.57 bits per heavy atom. The van der Waals surface area contributed by atoms with Crippen LogP contribution < -0.4 is 5.73 Å². The van der Waals surface area contributed by atoms with Crippen LogP contribution in [0.2, 0.25) is 0 Å². The highest BCUT2D eigenvalue weighted by Crippen LogP contribution is 2.31. The molecule has 0 radical (unpaired) electrons. The molecule has 1 aromatic rings. The number of benzene rings is 1. The maximum absolute atomic E-state index is 9.56. The Morgan fingerprint density at radius 1 is 1.36 bits per heavy atom. The van der Waals surface area contributed by atoms with Crippen molar-refractivity contribution in [3.63, 3.8) is 0 Å². The fraction of sp³-hybridized carbons (Fsp3) is 0.455. The molecule has 78 valence electrons. The quantitative estimate of drug-likeness (QED) is 0.647. The molecule has 0 aliphatic carbocycles. The van der Waals surface area contributed by atoms with Gasteiger partial charge in [0.2, 0.25) is 0 Å². The molecule has 0 bridgehead atoms. The van der Waals surface area contributed by atoms with Crippen molar-refractivity contribution in [3.8, 4) is 11.5 Å². The Hall–Kier alpha value is -1.22. The lowest BCUT2D eigenvalue weighted by molar-refractivity contribution is 0.413. The molecule has 0 amide bonds. The van der Waals surface area contributed by atoms with Gasteiger partial charge in [0.15, 0.2) is 0 Å². The lowest BCUT2D eigenvalue weighted by atomic mass is 9.92. The Morgan fingerprint density at radius 2 is 2.00 bits per heavy atom. The van der Waals surface area contributed by atoms with E-state index in [4.69, 9.17) is 5.73 Å². The average molecular weight is 195 g/mol. The second kappa shape index (κ2) is 4.33. The molecule has 0 heterocycles. The van der Waals surface area contributed by atoms with Crippen LogP contribution in [0.4, 0.5) is 0 Å². The molecule has 0 saturated carbocycles. The molecule has 0 spiro atoms. The van der Waals surface area contributed by atoms with Gasteiger partial charge in [-0.15, -0.1) is 0 Å². The molecule has 4 N–H and O–H groups in total. The molecule has 2 atom stereocenters. The minimum atomic E-state index is -0.230. The first kappa shape index (κ1) is 10.9. The number of phenols is 2. The third-order valence-corrected chi connectivity index (χ3v) is 2.63. The molecule has 0 aliphatic heterocycles. The standard InChI is InChI=1S/C11H17NO2/c1-3-7(2)11(12)9-6-8(13)4-5-10(9)14/h4-7,11,13-14H,3,12H2,1-2H3/t7?,11-/m0/s1. The summed E-state index contributed by atoms with van der Waals surface area (Å²) in [4.78, 5) is 0. The van der Waals surface area contributed by atoms with E-state index in [1.165, 1.54) is 18.2 Å². The minimum absolute atomic E-state index is 0.136. The maximum Gasteiger partial charge on any atom is 0.120 e. The number of nitrogens with two attached hydrogens (primary N) is 1. The summed E-state index contributed by atoms with van der Waals surface area (Å²) in [6.45, 7) is 4.07. The van der Waals surface area contributed by atoms with Gasteiger partial charge in [-0.1, -0.05) is 20.3 Å². The second-order valence-electron chi connectivity index (χ2n) is 3.65. The molecular weight excluding hydrogens is 178 g/mol. The van der Waals surface area contributed by atoms with Gasteiger partial charge < -0.3 is 15.9 Å². The zero-order chi connectivity index (χ0) is 10.7. The Labute approximate surface area is 84.2 Å². The molecule has 0 aliphatic rings. The number of aromatic hydroxyl groups is 2. The highest BCUT2D eigenvalue weighted by Gasteiger charge is 2.16. The van der Waals surface area contributed by atoms with Gasteiger partial charge in [0.25, 0.3) is 0 Å². The minimum Gasteiger partial charge on any atom is -0.508 e. The van der Waals surface area contributed by atoms with Gasteiger partial charge in [-0.25, -0.2) is 0 Å². The van der Waals surface area contributed by atoms with E-state index in [1.54, 1.807) is 0 Å². The van der Waals surface area contributed by atoms with Gasteiger partial charge in [0, 0.05) is 11.6 Å². The van der Waals surface area contributed by atoms with Gasteiger partial charge in [0.05, 0.1) is 0 Å². The number of hydrogen-bond donors (Lipinski definition) is 3. The zero-order valence-corrected chi connectivity index (χ0v) is 8.57. The molecule has 0 fully saturated rings. The maximum atomic E-state index is 9.56. The van der Waals surface area contributed by atoms with Crippen molar-refractivity contribution in [2.45, 2.75) is 26.3 Å². The van der Waals surface area contributed by atoms with Gasteiger partial charge in [-0.2, -0.15) is 0 Å². The predicted molar refractivity (Wildman–Crippen MR) is 56.2 cm³/mol. The molecule has 1 rings (SSSR count). The summed E-state index contributed by atoms with van der Waals surface area (Å²) in [5, 5.41) is 18.8. The van der Waals surface area contributed by atoms with Crippen LogP contribution in [0.5, 0.6) is 11.5 Å². The van der Waals surface area contributed by atoms with E-state index in [-0.39, 0.29) is 23.5 Å². The van der Waals surface area contributed by atoms with Crippen LogP contribution in [0.1, 0.15) is 31.9 Å². The molecule has 0 saturated heterocycles. The van der Waals surface area contributed by atoms with E-state index in [9.17, 15) is 10.2 Å². The summed E-state index contributed by atoms with van der Waals surface area (Å²) in [7, 11) is 0. The van der Waals surface area contributed by atoms with E-state index in [1.807, 2.05) is 13.8 Å². The summed E-state index contributed by atoms with van der Waals surface area (Å²) in [6, 6.07) is 4.20. The van der Waals surface area contributed by atoms with Gasteiger partial charge in [-0.05, 0) is 24.1 Å². The highest BCUT2D eigenvalue weighted by molar-refractivity contribution is 5.40. The van der Waals surface area contributed by atoms with E-state index >= 15 is 0 Å². The third-order valence-electron chi connectivity index (χ3n) is 2.63. The van der Waals surface area contributed by atoms with E-state index < -0.39 is 0 Å². The topological polar surface area (TPSA) is 66.5 Å². The summed E-state index contributed by atoms with van der Waals surface area (Å²) in [6.07, 6.45) is 0.941. The summed E-state index contributed by atoms with van der Waals surface area (Å²) < 4.78 is 0. The third kappa shape index (κ3) is 2.17. The monoisotopic (exact) mass is 195 g/mol. The second-order valence-corrected chi connectivity index (χ2v) is 3.65. The lowest BCUT2D eigenvalue weighted by Crippen LogP contribution is -2.18. The van der Waals surface area contributed by atoms with Crippen molar-refractivity contribution < 1.29 is 10.2 Å². The Balaban J connectivity index is 2.99. The normalized spacial score (nSPS) is 15.1. The smallest absolute Gasteiger partial charge is 0.120 e. The SMILES string of the molecule is CCC(C)[C@H](N)c1cc(O)ccc1O. The first-order valence-electron chi connectivity index (χ1n) is 4.83. The molecular formula is C11H17NO2. The van der Waals surface area contributed by atoms with Crippen molar-refractivity contribution >= 4 is 0 Å². The number of hydrogen-bond acceptors (Lipinski definition) is 3.